The van der Waals surface area contributed by atoms with Gasteiger partial charge in [-0.25, -0.2) is 0 Å². The molecule has 1 aromatic heterocycles. The summed E-state index contributed by atoms with van der Waals surface area (Å²) in [6.45, 7) is 0. The van der Waals surface area contributed by atoms with Gasteiger partial charge in [-0.1, -0.05) is 0 Å². The van der Waals surface area contributed by atoms with Gasteiger partial charge in [0.1, 0.15) is 11.9 Å². The summed E-state index contributed by atoms with van der Waals surface area (Å²) in [7, 11) is 1.53. The van der Waals surface area contributed by atoms with Crippen LogP contribution in [0.2, 0.25) is 0 Å². The van der Waals surface area contributed by atoms with Crippen LogP contribution in [0.25, 0.3) is 0 Å². The van der Waals surface area contributed by atoms with E-state index in [0.717, 1.165) is 37.8 Å². The lowest BCUT2D eigenvalue weighted by Gasteiger charge is -2.15. The Hall–Kier alpha value is -1.46. The Bertz CT molecular complexity index is 414. The van der Waals surface area contributed by atoms with E-state index in [-0.39, 0.29) is 17.8 Å². The standard InChI is InChI=1S/C12H15F3N2O/c1-16-10-6-8(12(13,14)15)7-11(17-10)18-9-4-2-3-5-9/h6-7,9H,2-5H2,1H3,(H,16,17). The molecule has 3 nitrogen and oxygen atoms in total. The van der Waals surface area contributed by atoms with Crippen molar-refractivity contribution in [3.05, 3.63) is 17.7 Å². The minimum Gasteiger partial charge on any atom is -0.474 e. The van der Waals surface area contributed by atoms with Gasteiger partial charge in [-0.2, -0.15) is 18.2 Å². The number of hydrogen-bond donors (Lipinski definition) is 1. The first-order valence-electron chi connectivity index (χ1n) is 5.93. The molecule has 18 heavy (non-hydrogen) atoms. The van der Waals surface area contributed by atoms with E-state index in [2.05, 4.69) is 10.3 Å². The second kappa shape index (κ2) is 5.04. The minimum atomic E-state index is -4.39. The van der Waals surface area contributed by atoms with E-state index < -0.39 is 11.7 Å². The molecule has 1 fully saturated rings. The largest absolute Gasteiger partial charge is 0.474 e. The molecule has 0 atom stereocenters. The monoisotopic (exact) mass is 260 g/mol. The van der Waals surface area contributed by atoms with Crippen LogP contribution in [0.15, 0.2) is 12.1 Å². The van der Waals surface area contributed by atoms with Crippen LogP contribution in [0.1, 0.15) is 31.2 Å². The molecule has 0 aromatic carbocycles. The zero-order valence-electron chi connectivity index (χ0n) is 10.0. The summed E-state index contributed by atoms with van der Waals surface area (Å²) in [5.41, 5.74) is -0.741. The SMILES string of the molecule is CNc1cc(C(F)(F)F)cc(OC2CCCC2)n1. The molecule has 1 N–H and O–H groups in total. The number of nitrogens with one attached hydrogen (secondary N) is 1. The molecule has 0 radical (unpaired) electrons. The average molecular weight is 260 g/mol. The number of rotatable bonds is 3. The van der Waals surface area contributed by atoms with Gasteiger partial charge in [0.2, 0.25) is 5.88 Å². The summed E-state index contributed by atoms with van der Waals surface area (Å²) in [6, 6.07) is 1.93. The van der Waals surface area contributed by atoms with Crippen molar-refractivity contribution in [2.75, 3.05) is 12.4 Å². The van der Waals surface area contributed by atoms with Crippen LogP contribution in [0, 0.1) is 0 Å². The summed E-state index contributed by atoms with van der Waals surface area (Å²) in [5.74, 6) is 0.207. The van der Waals surface area contributed by atoms with E-state index in [0.29, 0.717) is 0 Å². The van der Waals surface area contributed by atoms with Crippen LogP contribution in [0.4, 0.5) is 19.0 Å². The fourth-order valence-corrected chi connectivity index (χ4v) is 2.03. The van der Waals surface area contributed by atoms with Crippen molar-refractivity contribution in [1.82, 2.24) is 4.98 Å². The first-order valence-corrected chi connectivity index (χ1v) is 5.93. The fraction of sp³-hybridized carbons (Fsp3) is 0.583. The molecule has 1 saturated carbocycles. The maximum Gasteiger partial charge on any atom is 0.416 e. The van der Waals surface area contributed by atoms with Crippen molar-refractivity contribution in [2.45, 2.75) is 38.0 Å². The molecule has 0 amide bonds. The number of aromatic nitrogens is 1. The lowest BCUT2D eigenvalue weighted by Crippen LogP contribution is -2.14. The number of nitrogens with zero attached hydrogens (tertiary/aromatic N) is 1. The van der Waals surface area contributed by atoms with Crippen molar-refractivity contribution >= 4 is 5.82 Å². The maximum absolute atomic E-state index is 12.7. The van der Waals surface area contributed by atoms with Gasteiger partial charge in [0.15, 0.2) is 0 Å². The number of halogens is 3. The molecule has 0 spiro atoms. The fourth-order valence-electron chi connectivity index (χ4n) is 2.03. The van der Waals surface area contributed by atoms with Gasteiger partial charge in [0, 0.05) is 13.1 Å². The lowest BCUT2D eigenvalue weighted by atomic mass is 10.2. The van der Waals surface area contributed by atoms with Crippen molar-refractivity contribution in [3.8, 4) is 5.88 Å². The smallest absolute Gasteiger partial charge is 0.416 e. The first-order chi connectivity index (χ1) is 8.49. The summed E-state index contributed by atoms with van der Waals surface area (Å²) in [5, 5.41) is 2.61. The highest BCUT2D eigenvalue weighted by Gasteiger charge is 2.32. The molecule has 0 saturated heterocycles. The molecule has 1 aliphatic carbocycles. The van der Waals surface area contributed by atoms with Gasteiger partial charge in [-0.15, -0.1) is 0 Å². The van der Waals surface area contributed by atoms with Crippen LogP contribution in [0.5, 0.6) is 5.88 Å². The van der Waals surface area contributed by atoms with Crippen molar-refractivity contribution in [1.29, 1.82) is 0 Å². The zero-order chi connectivity index (χ0) is 13.2. The topological polar surface area (TPSA) is 34.1 Å². The quantitative estimate of drug-likeness (QED) is 0.903. The number of pyridine rings is 1. The molecule has 1 heterocycles. The molecule has 1 aliphatic rings. The molecule has 0 bridgehead atoms. The Morgan fingerprint density at radius 3 is 2.50 bits per heavy atom. The molecule has 2 rings (SSSR count). The molecular weight excluding hydrogens is 245 g/mol. The van der Waals surface area contributed by atoms with E-state index >= 15 is 0 Å². The van der Waals surface area contributed by atoms with Crippen LogP contribution in [0.3, 0.4) is 0 Å². The second-order valence-corrected chi connectivity index (χ2v) is 4.35. The lowest BCUT2D eigenvalue weighted by molar-refractivity contribution is -0.137. The predicted octanol–water partition coefficient (Wildman–Crippen LogP) is 3.46. The second-order valence-electron chi connectivity index (χ2n) is 4.35. The van der Waals surface area contributed by atoms with Gasteiger partial charge in [-0.3, -0.25) is 0 Å². The van der Waals surface area contributed by atoms with Gasteiger partial charge in [0.05, 0.1) is 5.56 Å². The minimum absolute atomic E-state index is 0.00862. The van der Waals surface area contributed by atoms with Crippen molar-refractivity contribution in [3.63, 3.8) is 0 Å². The maximum atomic E-state index is 12.7. The Kier molecular flexibility index (Phi) is 3.63. The normalized spacial score (nSPS) is 16.9. The third-order valence-electron chi connectivity index (χ3n) is 2.97. The number of hydrogen-bond acceptors (Lipinski definition) is 3. The predicted molar refractivity (Wildman–Crippen MR) is 61.7 cm³/mol. The molecule has 0 unspecified atom stereocenters. The third kappa shape index (κ3) is 3.05. The summed E-state index contributed by atoms with van der Waals surface area (Å²) in [6.07, 6.45) is -0.516. The molecule has 100 valence electrons. The molecule has 0 aliphatic heterocycles. The average Bonchev–Trinajstić information content (AvgIpc) is 2.80. The Morgan fingerprint density at radius 1 is 1.28 bits per heavy atom. The van der Waals surface area contributed by atoms with E-state index in [9.17, 15) is 13.2 Å². The van der Waals surface area contributed by atoms with Gasteiger partial charge < -0.3 is 10.1 Å². The Labute approximate surface area is 103 Å². The summed E-state index contributed by atoms with van der Waals surface area (Å²) in [4.78, 5) is 4.00. The Balaban J connectivity index is 2.23. The highest BCUT2D eigenvalue weighted by molar-refractivity contribution is 5.42. The van der Waals surface area contributed by atoms with Crippen LogP contribution in [-0.2, 0) is 6.18 Å². The zero-order valence-corrected chi connectivity index (χ0v) is 10.0. The van der Waals surface area contributed by atoms with Crippen molar-refractivity contribution < 1.29 is 17.9 Å². The highest BCUT2D eigenvalue weighted by atomic mass is 19.4. The van der Waals surface area contributed by atoms with Crippen molar-refractivity contribution in [2.24, 2.45) is 0 Å². The van der Waals surface area contributed by atoms with E-state index in [1.54, 1.807) is 0 Å². The highest BCUT2D eigenvalue weighted by Crippen LogP contribution is 2.33. The Morgan fingerprint density at radius 2 is 1.94 bits per heavy atom. The van der Waals surface area contributed by atoms with Crippen LogP contribution >= 0.6 is 0 Å². The van der Waals surface area contributed by atoms with Gasteiger partial charge in [-0.05, 0) is 31.7 Å². The van der Waals surface area contributed by atoms with Gasteiger partial charge in [0.25, 0.3) is 0 Å². The molecular formula is C12H15F3N2O. The van der Waals surface area contributed by atoms with Gasteiger partial charge >= 0.3 is 6.18 Å². The number of ether oxygens (including phenoxy) is 1. The van der Waals surface area contributed by atoms with E-state index in [4.69, 9.17) is 4.74 Å². The molecule has 6 heteroatoms. The summed E-state index contributed by atoms with van der Waals surface area (Å²) < 4.78 is 43.6. The molecule has 1 aromatic rings. The van der Waals surface area contributed by atoms with E-state index in [1.165, 1.54) is 7.05 Å². The van der Waals surface area contributed by atoms with E-state index in [1.807, 2.05) is 0 Å². The van der Waals surface area contributed by atoms with Crippen LogP contribution < -0.4 is 10.1 Å². The summed E-state index contributed by atoms with van der Waals surface area (Å²) >= 11 is 0. The third-order valence-corrected chi connectivity index (χ3v) is 2.97. The van der Waals surface area contributed by atoms with Crippen LogP contribution in [-0.4, -0.2) is 18.1 Å². The number of alkyl halides is 3. The number of anilines is 1. The first kappa shape index (κ1) is 13.0.